The van der Waals surface area contributed by atoms with E-state index in [9.17, 15) is 9.59 Å². The highest BCUT2D eigenvalue weighted by Gasteiger charge is 2.35. The molecule has 0 aromatic heterocycles. The summed E-state index contributed by atoms with van der Waals surface area (Å²) in [5.41, 5.74) is 5.06. The highest BCUT2D eigenvalue weighted by molar-refractivity contribution is 5.78. The molecule has 2 atom stereocenters. The van der Waals surface area contributed by atoms with Gasteiger partial charge in [0.05, 0.1) is 6.54 Å². The largest absolute Gasteiger partial charge is 0.448 e. The standard InChI is InChI=1S/C13H24N2O3/c1-9-6-10(8-13(2,3)7-9)11(16)15-4-5-18-12(14)17/h9-10H,4-8H2,1-3H3,(H2,14,17)(H,15,16)/t9-,10+/m0/s1. The van der Waals surface area contributed by atoms with Crippen LogP contribution in [0, 0.1) is 17.3 Å². The van der Waals surface area contributed by atoms with Gasteiger partial charge in [-0.15, -0.1) is 0 Å². The lowest BCUT2D eigenvalue weighted by atomic mass is 9.68. The number of amides is 2. The fourth-order valence-corrected chi connectivity index (χ4v) is 3.02. The average Bonchev–Trinajstić information content (AvgIpc) is 2.20. The van der Waals surface area contributed by atoms with Crippen LogP contribution >= 0.6 is 0 Å². The molecule has 5 nitrogen and oxygen atoms in total. The molecule has 1 fully saturated rings. The first kappa shape index (κ1) is 14.8. The minimum absolute atomic E-state index is 0.0581. The van der Waals surface area contributed by atoms with E-state index in [0.29, 0.717) is 12.5 Å². The third-order valence-electron chi connectivity index (χ3n) is 3.40. The van der Waals surface area contributed by atoms with Crippen molar-refractivity contribution in [3.8, 4) is 0 Å². The van der Waals surface area contributed by atoms with E-state index in [0.717, 1.165) is 12.8 Å². The fourth-order valence-electron chi connectivity index (χ4n) is 3.02. The maximum Gasteiger partial charge on any atom is 0.404 e. The van der Waals surface area contributed by atoms with Gasteiger partial charge in [-0.1, -0.05) is 20.8 Å². The molecule has 1 saturated carbocycles. The van der Waals surface area contributed by atoms with Crippen molar-refractivity contribution in [3.63, 3.8) is 0 Å². The van der Waals surface area contributed by atoms with Crippen LogP contribution in [-0.2, 0) is 9.53 Å². The van der Waals surface area contributed by atoms with Crippen molar-refractivity contribution < 1.29 is 14.3 Å². The molecule has 0 heterocycles. The quantitative estimate of drug-likeness (QED) is 0.750. The molecule has 0 unspecified atom stereocenters. The normalized spacial score (nSPS) is 26.4. The topological polar surface area (TPSA) is 81.4 Å². The number of carbonyl (C=O) groups is 2. The van der Waals surface area contributed by atoms with Crippen molar-refractivity contribution in [3.05, 3.63) is 0 Å². The van der Waals surface area contributed by atoms with Gasteiger partial charge in [-0.2, -0.15) is 0 Å². The van der Waals surface area contributed by atoms with Crippen LogP contribution < -0.4 is 11.1 Å². The van der Waals surface area contributed by atoms with Crippen molar-refractivity contribution in [1.29, 1.82) is 0 Å². The third-order valence-corrected chi connectivity index (χ3v) is 3.40. The van der Waals surface area contributed by atoms with Gasteiger partial charge in [-0.3, -0.25) is 4.79 Å². The summed E-state index contributed by atoms with van der Waals surface area (Å²) in [6.07, 6.45) is 2.21. The van der Waals surface area contributed by atoms with Crippen LogP contribution in [0.15, 0.2) is 0 Å². The highest BCUT2D eigenvalue weighted by Crippen LogP contribution is 2.41. The minimum atomic E-state index is -0.809. The molecule has 0 bridgehead atoms. The Hall–Kier alpha value is -1.26. The lowest BCUT2D eigenvalue weighted by molar-refractivity contribution is -0.128. The van der Waals surface area contributed by atoms with Gasteiger partial charge >= 0.3 is 6.09 Å². The predicted molar refractivity (Wildman–Crippen MR) is 68.8 cm³/mol. The second-order valence-corrected chi connectivity index (χ2v) is 6.07. The molecule has 5 heteroatoms. The van der Waals surface area contributed by atoms with E-state index >= 15 is 0 Å². The van der Waals surface area contributed by atoms with Crippen molar-refractivity contribution in [2.45, 2.75) is 40.0 Å². The first-order valence-corrected chi connectivity index (χ1v) is 6.50. The molecule has 1 aliphatic carbocycles. The summed E-state index contributed by atoms with van der Waals surface area (Å²) in [4.78, 5) is 22.4. The molecule has 3 N–H and O–H groups in total. The smallest absolute Gasteiger partial charge is 0.404 e. The number of primary amides is 1. The second kappa shape index (κ2) is 6.07. The summed E-state index contributed by atoms with van der Waals surface area (Å²) in [7, 11) is 0. The van der Waals surface area contributed by atoms with Crippen LogP contribution in [0.5, 0.6) is 0 Å². The predicted octanol–water partition coefficient (Wildman–Crippen LogP) is 1.66. The lowest BCUT2D eigenvalue weighted by Gasteiger charge is -2.38. The monoisotopic (exact) mass is 256 g/mol. The van der Waals surface area contributed by atoms with Gasteiger partial charge in [0, 0.05) is 5.92 Å². The molecule has 0 aromatic rings. The lowest BCUT2D eigenvalue weighted by Crippen LogP contribution is -2.39. The number of ether oxygens (including phenoxy) is 1. The summed E-state index contributed by atoms with van der Waals surface area (Å²) in [5, 5.41) is 2.79. The van der Waals surface area contributed by atoms with E-state index in [4.69, 9.17) is 5.73 Å². The van der Waals surface area contributed by atoms with Gasteiger partial charge in [-0.05, 0) is 30.6 Å². The Morgan fingerprint density at radius 1 is 1.39 bits per heavy atom. The summed E-state index contributed by atoms with van der Waals surface area (Å²) >= 11 is 0. The van der Waals surface area contributed by atoms with Gasteiger partial charge < -0.3 is 15.8 Å². The van der Waals surface area contributed by atoms with Gasteiger partial charge in [0.15, 0.2) is 0 Å². The molecule has 104 valence electrons. The SMILES string of the molecule is C[C@H]1C[C@@H](C(=O)NCCOC(N)=O)CC(C)(C)C1. The molecule has 0 radical (unpaired) electrons. The molecule has 1 rings (SSSR count). The number of carbonyl (C=O) groups excluding carboxylic acids is 2. The van der Waals surface area contributed by atoms with E-state index in [2.05, 4.69) is 30.8 Å². The van der Waals surface area contributed by atoms with Gasteiger partial charge in [-0.25, -0.2) is 4.79 Å². The number of hydrogen-bond donors (Lipinski definition) is 2. The Morgan fingerprint density at radius 3 is 2.61 bits per heavy atom. The Bertz CT molecular complexity index is 315. The number of rotatable bonds is 4. The molecular weight excluding hydrogens is 232 g/mol. The van der Waals surface area contributed by atoms with Gasteiger partial charge in [0.25, 0.3) is 0 Å². The Morgan fingerprint density at radius 2 is 2.06 bits per heavy atom. The maximum atomic E-state index is 12.0. The summed E-state index contributed by atoms with van der Waals surface area (Å²) in [6, 6.07) is 0. The van der Waals surface area contributed by atoms with Crippen LogP contribution in [0.3, 0.4) is 0 Å². The van der Waals surface area contributed by atoms with E-state index in [1.165, 1.54) is 6.42 Å². The summed E-state index contributed by atoms with van der Waals surface area (Å²) in [5.74, 6) is 0.700. The van der Waals surface area contributed by atoms with Crippen LogP contribution in [0.1, 0.15) is 40.0 Å². The zero-order valence-corrected chi connectivity index (χ0v) is 11.5. The van der Waals surface area contributed by atoms with Crippen LogP contribution in [-0.4, -0.2) is 25.2 Å². The summed E-state index contributed by atoms with van der Waals surface area (Å²) < 4.78 is 4.57. The van der Waals surface area contributed by atoms with E-state index in [-0.39, 0.29) is 23.8 Å². The molecule has 1 aliphatic rings. The Kier molecular flexibility index (Phi) is 4.99. The number of nitrogens with one attached hydrogen (secondary N) is 1. The fraction of sp³-hybridized carbons (Fsp3) is 0.846. The van der Waals surface area contributed by atoms with Crippen molar-refractivity contribution in [2.24, 2.45) is 23.0 Å². The maximum absolute atomic E-state index is 12.0. The molecule has 0 saturated heterocycles. The van der Waals surface area contributed by atoms with Crippen LogP contribution in [0.4, 0.5) is 4.79 Å². The molecular formula is C13H24N2O3. The number of nitrogens with two attached hydrogens (primary N) is 1. The Balaban J connectivity index is 2.34. The molecule has 0 aliphatic heterocycles. The van der Waals surface area contributed by atoms with E-state index in [1.54, 1.807) is 0 Å². The molecule has 18 heavy (non-hydrogen) atoms. The summed E-state index contributed by atoms with van der Waals surface area (Å²) in [6.45, 7) is 7.06. The van der Waals surface area contributed by atoms with Crippen molar-refractivity contribution in [1.82, 2.24) is 5.32 Å². The van der Waals surface area contributed by atoms with Crippen LogP contribution in [0.2, 0.25) is 0 Å². The third kappa shape index (κ3) is 4.94. The average molecular weight is 256 g/mol. The first-order valence-electron chi connectivity index (χ1n) is 6.50. The van der Waals surface area contributed by atoms with Crippen molar-refractivity contribution >= 4 is 12.0 Å². The molecule has 0 spiro atoms. The molecule has 2 amide bonds. The van der Waals surface area contributed by atoms with Crippen LogP contribution in [0.25, 0.3) is 0 Å². The highest BCUT2D eigenvalue weighted by atomic mass is 16.5. The zero-order chi connectivity index (χ0) is 13.8. The first-order chi connectivity index (χ1) is 8.30. The van der Waals surface area contributed by atoms with Gasteiger partial charge in [0.2, 0.25) is 5.91 Å². The van der Waals surface area contributed by atoms with Gasteiger partial charge in [0.1, 0.15) is 6.61 Å². The Labute approximate surface area is 108 Å². The zero-order valence-electron chi connectivity index (χ0n) is 11.5. The van der Waals surface area contributed by atoms with Crippen molar-refractivity contribution in [2.75, 3.05) is 13.2 Å². The minimum Gasteiger partial charge on any atom is -0.448 e. The van der Waals surface area contributed by atoms with E-state index < -0.39 is 6.09 Å². The molecule has 0 aromatic carbocycles. The van der Waals surface area contributed by atoms with E-state index in [1.807, 2.05) is 0 Å². The number of hydrogen-bond acceptors (Lipinski definition) is 3. The second-order valence-electron chi connectivity index (χ2n) is 6.07.